The molecule has 94 valence electrons. The summed E-state index contributed by atoms with van der Waals surface area (Å²) in [4.78, 5) is 11.6. The predicted molar refractivity (Wildman–Crippen MR) is 63.4 cm³/mol. The van der Waals surface area contributed by atoms with Crippen LogP contribution in [0.25, 0.3) is 0 Å². The first-order chi connectivity index (χ1) is 8.06. The van der Waals surface area contributed by atoms with Gasteiger partial charge in [-0.1, -0.05) is 0 Å². The van der Waals surface area contributed by atoms with Crippen LogP contribution in [0.2, 0.25) is 0 Å². The van der Waals surface area contributed by atoms with Gasteiger partial charge in [0.1, 0.15) is 6.54 Å². The van der Waals surface area contributed by atoms with Crippen LogP contribution in [0.15, 0.2) is 6.07 Å². The number of nitrogens with zero attached hydrogens (tertiary/aromatic N) is 2. The maximum Gasteiger partial charge on any atom is 0.241 e. The SMILES string of the molecule is Cc1cc(C)n(CC(=O)NCC(O)C2CC2)n1. The number of nitrogens with one attached hydrogen (secondary N) is 1. The lowest BCUT2D eigenvalue weighted by molar-refractivity contribution is -0.122. The molecule has 1 saturated carbocycles. The molecule has 1 fully saturated rings. The molecule has 1 aliphatic carbocycles. The van der Waals surface area contributed by atoms with Gasteiger partial charge in [0, 0.05) is 12.2 Å². The molecule has 0 radical (unpaired) electrons. The predicted octanol–water partition coefficient (Wildman–Crippen LogP) is 0.387. The number of aliphatic hydroxyl groups excluding tert-OH is 1. The maximum absolute atomic E-state index is 11.6. The largest absolute Gasteiger partial charge is 0.391 e. The van der Waals surface area contributed by atoms with E-state index in [9.17, 15) is 9.90 Å². The molecule has 0 bridgehead atoms. The van der Waals surface area contributed by atoms with E-state index >= 15 is 0 Å². The first-order valence-corrected chi connectivity index (χ1v) is 6.02. The summed E-state index contributed by atoms with van der Waals surface area (Å²) >= 11 is 0. The van der Waals surface area contributed by atoms with E-state index in [4.69, 9.17) is 0 Å². The van der Waals surface area contributed by atoms with Crippen molar-refractivity contribution in [2.45, 2.75) is 39.3 Å². The summed E-state index contributed by atoms with van der Waals surface area (Å²) in [6, 6.07) is 1.94. The molecule has 1 amide bonds. The Kier molecular flexibility index (Phi) is 3.47. The minimum Gasteiger partial charge on any atom is -0.391 e. The van der Waals surface area contributed by atoms with E-state index in [1.165, 1.54) is 0 Å². The molecule has 1 aromatic rings. The Morgan fingerprint density at radius 1 is 1.65 bits per heavy atom. The molecule has 17 heavy (non-hydrogen) atoms. The number of amides is 1. The Morgan fingerprint density at radius 2 is 2.35 bits per heavy atom. The van der Waals surface area contributed by atoms with Crippen LogP contribution in [0, 0.1) is 19.8 Å². The molecule has 0 aliphatic heterocycles. The van der Waals surface area contributed by atoms with Gasteiger partial charge in [0.15, 0.2) is 0 Å². The van der Waals surface area contributed by atoms with E-state index < -0.39 is 0 Å². The molecular weight excluding hydrogens is 218 g/mol. The summed E-state index contributed by atoms with van der Waals surface area (Å²) in [5, 5.41) is 16.6. The Bertz CT molecular complexity index is 410. The summed E-state index contributed by atoms with van der Waals surface area (Å²) in [6.07, 6.45) is 1.77. The van der Waals surface area contributed by atoms with E-state index in [0.29, 0.717) is 12.5 Å². The molecule has 5 heteroatoms. The summed E-state index contributed by atoms with van der Waals surface area (Å²) in [5.74, 6) is 0.292. The van der Waals surface area contributed by atoms with E-state index in [0.717, 1.165) is 24.2 Å². The number of aliphatic hydroxyl groups is 1. The van der Waals surface area contributed by atoms with Gasteiger partial charge >= 0.3 is 0 Å². The van der Waals surface area contributed by atoms with E-state index in [2.05, 4.69) is 10.4 Å². The van der Waals surface area contributed by atoms with Crippen LogP contribution >= 0.6 is 0 Å². The van der Waals surface area contributed by atoms with Gasteiger partial charge in [0.2, 0.25) is 5.91 Å². The van der Waals surface area contributed by atoms with Gasteiger partial charge in [-0.2, -0.15) is 5.10 Å². The second-order valence-electron chi connectivity index (χ2n) is 4.79. The molecule has 2 N–H and O–H groups in total. The molecule has 5 nitrogen and oxygen atoms in total. The molecule has 2 rings (SSSR count). The number of hydrogen-bond donors (Lipinski definition) is 2. The summed E-state index contributed by atoms with van der Waals surface area (Å²) in [7, 11) is 0. The Morgan fingerprint density at radius 3 is 2.88 bits per heavy atom. The Hall–Kier alpha value is -1.36. The molecule has 1 aliphatic rings. The Labute approximate surface area is 101 Å². The zero-order valence-corrected chi connectivity index (χ0v) is 10.3. The average Bonchev–Trinajstić information content (AvgIpc) is 3.04. The average molecular weight is 237 g/mol. The molecule has 1 heterocycles. The smallest absolute Gasteiger partial charge is 0.241 e. The molecule has 0 spiro atoms. The van der Waals surface area contributed by atoms with Gasteiger partial charge in [-0.15, -0.1) is 0 Å². The lowest BCUT2D eigenvalue weighted by Gasteiger charge is -2.11. The van der Waals surface area contributed by atoms with Crippen molar-refractivity contribution < 1.29 is 9.90 Å². The number of aromatic nitrogens is 2. The van der Waals surface area contributed by atoms with Crippen LogP contribution in [0.1, 0.15) is 24.2 Å². The van der Waals surface area contributed by atoms with Crippen molar-refractivity contribution in [3.8, 4) is 0 Å². The molecule has 1 aromatic heterocycles. The second kappa shape index (κ2) is 4.87. The monoisotopic (exact) mass is 237 g/mol. The van der Waals surface area contributed by atoms with Gasteiger partial charge in [-0.3, -0.25) is 9.48 Å². The zero-order chi connectivity index (χ0) is 12.4. The van der Waals surface area contributed by atoms with Gasteiger partial charge < -0.3 is 10.4 Å². The fourth-order valence-electron chi connectivity index (χ4n) is 1.89. The zero-order valence-electron chi connectivity index (χ0n) is 10.3. The van der Waals surface area contributed by atoms with Crippen LogP contribution < -0.4 is 5.32 Å². The van der Waals surface area contributed by atoms with Crippen molar-refractivity contribution >= 4 is 5.91 Å². The number of hydrogen-bond acceptors (Lipinski definition) is 3. The Balaban J connectivity index is 1.78. The van der Waals surface area contributed by atoms with E-state index in [1.807, 2.05) is 19.9 Å². The third kappa shape index (κ3) is 3.30. The van der Waals surface area contributed by atoms with Crippen LogP contribution in [0.4, 0.5) is 0 Å². The number of aryl methyl sites for hydroxylation is 2. The van der Waals surface area contributed by atoms with Crippen LogP contribution in [0.3, 0.4) is 0 Å². The minimum atomic E-state index is -0.389. The van der Waals surface area contributed by atoms with Gasteiger partial charge in [-0.25, -0.2) is 0 Å². The van der Waals surface area contributed by atoms with Crippen LogP contribution in [-0.4, -0.2) is 33.4 Å². The fourth-order valence-corrected chi connectivity index (χ4v) is 1.89. The highest BCUT2D eigenvalue weighted by atomic mass is 16.3. The highest BCUT2D eigenvalue weighted by molar-refractivity contribution is 5.75. The summed E-state index contributed by atoms with van der Waals surface area (Å²) in [5.41, 5.74) is 1.88. The first-order valence-electron chi connectivity index (χ1n) is 6.02. The second-order valence-corrected chi connectivity index (χ2v) is 4.79. The maximum atomic E-state index is 11.6. The fraction of sp³-hybridized carbons (Fsp3) is 0.667. The van der Waals surface area contributed by atoms with Gasteiger partial charge in [-0.05, 0) is 38.7 Å². The van der Waals surface area contributed by atoms with Crippen molar-refractivity contribution in [2.75, 3.05) is 6.54 Å². The molecular formula is C12H19N3O2. The minimum absolute atomic E-state index is 0.101. The van der Waals surface area contributed by atoms with E-state index in [1.54, 1.807) is 4.68 Å². The number of rotatable bonds is 5. The molecule has 0 saturated heterocycles. The first kappa shape index (κ1) is 12.1. The van der Waals surface area contributed by atoms with E-state index in [-0.39, 0.29) is 18.6 Å². The van der Waals surface area contributed by atoms with Crippen molar-refractivity contribution in [2.24, 2.45) is 5.92 Å². The molecule has 1 unspecified atom stereocenters. The normalized spacial score (nSPS) is 16.9. The standard InChI is InChI=1S/C12H19N3O2/c1-8-5-9(2)15(14-8)7-12(17)13-6-11(16)10-3-4-10/h5,10-11,16H,3-4,6-7H2,1-2H3,(H,13,17). The van der Waals surface area contributed by atoms with Crippen LogP contribution in [0.5, 0.6) is 0 Å². The summed E-state index contributed by atoms with van der Waals surface area (Å²) in [6.45, 7) is 4.39. The lowest BCUT2D eigenvalue weighted by Crippen LogP contribution is -2.35. The third-order valence-electron chi connectivity index (χ3n) is 3.07. The van der Waals surface area contributed by atoms with Crippen molar-refractivity contribution in [1.29, 1.82) is 0 Å². The summed E-state index contributed by atoms with van der Waals surface area (Å²) < 4.78 is 1.67. The highest BCUT2D eigenvalue weighted by Gasteiger charge is 2.29. The topological polar surface area (TPSA) is 67.2 Å². The van der Waals surface area contributed by atoms with Gasteiger partial charge in [0.05, 0.1) is 11.8 Å². The van der Waals surface area contributed by atoms with Crippen molar-refractivity contribution in [3.05, 3.63) is 17.5 Å². The van der Waals surface area contributed by atoms with Crippen molar-refractivity contribution in [3.63, 3.8) is 0 Å². The molecule has 0 aromatic carbocycles. The highest BCUT2D eigenvalue weighted by Crippen LogP contribution is 2.32. The molecule has 1 atom stereocenters. The van der Waals surface area contributed by atoms with Gasteiger partial charge in [0.25, 0.3) is 0 Å². The number of carbonyl (C=O) groups excluding carboxylic acids is 1. The quantitative estimate of drug-likeness (QED) is 0.778. The third-order valence-corrected chi connectivity index (χ3v) is 3.07. The van der Waals surface area contributed by atoms with Crippen molar-refractivity contribution in [1.82, 2.24) is 15.1 Å². The number of carbonyl (C=O) groups is 1. The lowest BCUT2D eigenvalue weighted by atomic mass is 10.2. The van der Waals surface area contributed by atoms with Crippen LogP contribution in [-0.2, 0) is 11.3 Å².